The van der Waals surface area contributed by atoms with Crippen molar-refractivity contribution in [1.82, 2.24) is 0 Å². The van der Waals surface area contributed by atoms with Crippen molar-refractivity contribution in [2.45, 2.75) is 26.3 Å². The van der Waals surface area contributed by atoms with Crippen molar-refractivity contribution in [3.8, 4) is 0 Å². The molecule has 0 amide bonds. The predicted octanol–water partition coefficient (Wildman–Crippen LogP) is 4.11. The monoisotopic (exact) mass is 275 g/mol. The molecule has 0 aliphatic heterocycles. The number of para-hydroxylation sites is 1. The van der Waals surface area contributed by atoms with Crippen LogP contribution in [0.3, 0.4) is 0 Å². The van der Waals surface area contributed by atoms with Gasteiger partial charge < -0.3 is 10.1 Å². The second kappa shape index (κ2) is 7.31. The van der Waals surface area contributed by atoms with Crippen LogP contribution in [0.1, 0.15) is 22.2 Å². The summed E-state index contributed by atoms with van der Waals surface area (Å²) in [5.74, 6) is 0. The summed E-state index contributed by atoms with van der Waals surface area (Å²) < 4.78 is 5.16. The summed E-state index contributed by atoms with van der Waals surface area (Å²) in [6, 6.07) is 12.9. The number of hydrogen-bond acceptors (Lipinski definition) is 3. The Morgan fingerprint density at radius 2 is 1.89 bits per heavy atom. The summed E-state index contributed by atoms with van der Waals surface area (Å²) >= 11 is 1.89. The number of methoxy groups -OCH3 is 1. The van der Waals surface area contributed by atoms with Crippen molar-refractivity contribution in [3.63, 3.8) is 0 Å². The molecule has 2 rings (SSSR count). The van der Waals surface area contributed by atoms with E-state index in [1.54, 1.807) is 7.11 Å². The molecule has 1 heterocycles. The van der Waals surface area contributed by atoms with Crippen molar-refractivity contribution < 1.29 is 4.74 Å². The van der Waals surface area contributed by atoms with Gasteiger partial charge in [-0.2, -0.15) is 0 Å². The highest BCUT2D eigenvalue weighted by molar-refractivity contribution is 7.12. The highest BCUT2D eigenvalue weighted by atomic mass is 32.1. The van der Waals surface area contributed by atoms with E-state index < -0.39 is 0 Å². The Labute approximate surface area is 119 Å². The third-order valence-electron chi connectivity index (χ3n) is 3.11. The Balaban J connectivity index is 1.98. The largest absolute Gasteiger partial charge is 0.384 e. The van der Waals surface area contributed by atoms with Crippen LogP contribution in [0.2, 0.25) is 0 Å². The van der Waals surface area contributed by atoms with Crippen LogP contribution < -0.4 is 5.32 Å². The molecular weight excluding hydrogens is 254 g/mol. The normalized spacial score (nSPS) is 10.6. The van der Waals surface area contributed by atoms with Crippen LogP contribution >= 0.6 is 11.3 Å². The molecule has 0 fully saturated rings. The van der Waals surface area contributed by atoms with E-state index in [4.69, 9.17) is 4.74 Å². The zero-order valence-electron chi connectivity index (χ0n) is 11.6. The molecule has 0 saturated heterocycles. The number of benzene rings is 1. The van der Waals surface area contributed by atoms with Crippen LogP contribution in [-0.4, -0.2) is 13.7 Å². The lowest BCUT2D eigenvalue weighted by Crippen LogP contribution is -2.03. The third-order valence-corrected chi connectivity index (χ3v) is 4.34. The van der Waals surface area contributed by atoms with E-state index in [1.807, 2.05) is 11.3 Å². The summed E-state index contributed by atoms with van der Waals surface area (Å²) in [5, 5.41) is 3.53. The standard InChI is InChI=1S/C16H21NOS/c1-3-14-8-9-15(19-14)12-17-16-7-5-4-6-13(16)10-11-18-2/h4-9,17H,3,10-12H2,1-2H3. The molecule has 19 heavy (non-hydrogen) atoms. The number of ether oxygens (including phenoxy) is 1. The van der Waals surface area contributed by atoms with Gasteiger partial charge in [0.15, 0.2) is 0 Å². The Morgan fingerprint density at radius 1 is 1.11 bits per heavy atom. The molecule has 0 aliphatic carbocycles. The average molecular weight is 275 g/mol. The number of rotatable bonds is 7. The van der Waals surface area contributed by atoms with Gasteiger partial charge in [-0.3, -0.25) is 0 Å². The van der Waals surface area contributed by atoms with Crippen LogP contribution in [-0.2, 0) is 24.1 Å². The van der Waals surface area contributed by atoms with E-state index in [2.05, 4.69) is 48.6 Å². The molecule has 0 bridgehead atoms. The van der Waals surface area contributed by atoms with Gasteiger partial charge in [0.25, 0.3) is 0 Å². The molecule has 0 radical (unpaired) electrons. The molecule has 1 aromatic heterocycles. The fourth-order valence-corrected chi connectivity index (χ4v) is 2.91. The van der Waals surface area contributed by atoms with Gasteiger partial charge in [0.2, 0.25) is 0 Å². The van der Waals surface area contributed by atoms with Crippen LogP contribution in [0, 0.1) is 0 Å². The fraction of sp³-hybridized carbons (Fsp3) is 0.375. The lowest BCUT2D eigenvalue weighted by Gasteiger charge is -2.11. The molecule has 0 atom stereocenters. The van der Waals surface area contributed by atoms with Crippen molar-refractivity contribution in [3.05, 3.63) is 51.7 Å². The average Bonchev–Trinajstić information content (AvgIpc) is 2.91. The minimum absolute atomic E-state index is 0.762. The highest BCUT2D eigenvalue weighted by Gasteiger charge is 2.03. The first-order chi connectivity index (χ1) is 9.33. The number of anilines is 1. The van der Waals surface area contributed by atoms with Gasteiger partial charge in [0, 0.05) is 29.1 Å². The first kappa shape index (κ1) is 14.1. The molecule has 3 heteroatoms. The van der Waals surface area contributed by atoms with Gasteiger partial charge in [-0.1, -0.05) is 25.1 Å². The zero-order chi connectivity index (χ0) is 13.5. The van der Waals surface area contributed by atoms with Crippen LogP contribution in [0.5, 0.6) is 0 Å². The number of nitrogens with one attached hydrogen (secondary N) is 1. The van der Waals surface area contributed by atoms with Gasteiger partial charge in [-0.05, 0) is 36.6 Å². The van der Waals surface area contributed by atoms with E-state index in [1.165, 1.54) is 21.0 Å². The first-order valence-corrected chi connectivity index (χ1v) is 7.53. The first-order valence-electron chi connectivity index (χ1n) is 6.71. The third kappa shape index (κ3) is 4.08. The second-order valence-corrected chi connectivity index (χ2v) is 5.73. The summed E-state index contributed by atoms with van der Waals surface area (Å²) in [7, 11) is 1.74. The Kier molecular flexibility index (Phi) is 5.43. The minimum atomic E-state index is 0.762. The molecule has 0 spiro atoms. The van der Waals surface area contributed by atoms with E-state index in [0.29, 0.717) is 0 Å². The van der Waals surface area contributed by atoms with Crippen molar-refractivity contribution in [2.24, 2.45) is 0 Å². The van der Waals surface area contributed by atoms with Gasteiger partial charge in [-0.25, -0.2) is 0 Å². The Morgan fingerprint density at radius 3 is 2.63 bits per heavy atom. The van der Waals surface area contributed by atoms with Crippen molar-refractivity contribution in [2.75, 3.05) is 19.0 Å². The Bertz CT molecular complexity index is 507. The van der Waals surface area contributed by atoms with Gasteiger partial charge >= 0.3 is 0 Å². The lowest BCUT2D eigenvalue weighted by atomic mass is 10.1. The molecule has 0 unspecified atom stereocenters. The molecule has 0 saturated carbocycles. The summed E-state index contributed by atoms with van der Waals surface area (Å²) in [4.78, 5) is 2.84. The van der Waals surface area contributed by atoms with E-state index in [0.717, 1.165) is 26.0 Å². The van der Waals surface area contributed by atoms with Crippen LogP contribution in [0.15, 0.2) is 36.4 Å². The maximum atomic E-state index is 5.16. The topological polar surface area (TPSA) is 21.3 Å². The van der Waals surface area contributed by atoms with E-state index in [-0.39, 0.29) is 0 Å². The predicted molar refractivity (Wildman–Crippen MR) is 83.0 cm³/mol. The maximum absolute atomic E-state index is 5.16. The molecule has 1 N–H and O–H groups in total. The highest BCUT2D eigenvalue weighted by Crippen LogP contribution is 2.20. The maximum Gasteiger partial charge on any atom is 0.0503 e. The SMILES string of the molecule is CCc1ccc(CNc2ccccc2CCOC)s1. The van der Waals surface area contributed by atoms with Gasteiger partial charge in [0.1, 0.15) is 0 Å². The fourth-order valence-electron chi connectivity index (χ4n) is 2.01. The lowest BCUT2D eigenvalue weighted by molar-refractivity contribution is 0.202. The zero-order valence-corrected chi connectivity index (χ0v) is 12.4. The Hall–Kier alpha value is -1.32. The molecule has 102 valence electrons. The number of aryl methyl sites for hydroxylation is 1. The number of hydrogen-bond donors (Lipinski definition) is 1. The molecular formula is C16H21NOS. The molecule has 0 aliphatic rings. The van der Waals surface area contributed by atoms with E-state index in [9.17, 15) is 0 Å². The quantitative estimate of drug-likeness (QED) is 0.821. The van der Waals surface area contributed by atoms with Crippen LogP contribution in [0.4, 0.5) is 5.69 Å². The van der Waals surface area contributed by atoms with Crippen LogP contribution in [0.25, 0.3) is 0 Å². The smallest absolute Gasteiger partial charge is 0.0503 e. The summed E-state index contributed by atoms with van der Waals surface area (Å²) in [6.07, 6.45) is 2.07. The molecule has 1 aromatic carbocycles. The minimum Gasteiger partial charge on any atom is -0.384 e. The van der Waals surface area contributed by atoms with Crippen molar-refractivity contribution >= 4 is 17.0 Å². The number of thiophene rings is 1. The van der Waals surface area contributed by atoms with Gasteiger partial charge in [-0.15, -0.1) is 11.3 Å². The summed E-state index contributed by atoms with van der Waals surface area (Å²) in [6.45, 7) is 3.86. The molecule has 2 nitrogen and oxygen atoms in total. The van der Waals surface area contributed by atoms with Gasteiger partial charge in [0.05, 0.1) is 6.61 Å². The van der Waals surface area contributed by atoms with Crippen molar-refractivity contribution in [1.29, 1.82) is 0 Å². The van der Waals surface area contributed by atoms with E-state index >= 15 is 0 Å². The second-order valence-electron chi connectivity index (χ2n) is 4.48. The summed E-state index contributed by atoms with van der Waals surface area (Å²) in [5.41, 5.74) is 2.53. The molecule has 2 aromatic rings.